The molecule has 0 fully saturated rings. The standard InChI is InChI=1S/C20H14F3N5O3S2/c1-33(30,31)13-7-5-12(6-8-13)28-16(10-17(27-28)20(21,22)23)18(29)26-19-25-15(11-32-19)14-4-2-3-9-24-14/h2-11H,1H3,(H,25,26,29). The predicted octanol–water partition coefficient (Wildman–Crippen LogP) is 4.07. The van der Waals surface area contributed by atoms with E-state index in [4.69, 9.17) is 0 Å². The van der Waals surface area contributed by atoms with Gasteiger partial charge in [0.05, 0.1) is 16.3 Å². The minimum atomic E-state index is -4.79. The monoisotopic (exact) mass is 493 g/mol. The first-order valence-electron chi connectivity index (χ1n) is 9.18. The van der Waals surface area contributed by atoms with Crippen LogP contribution >= 0.6 is 11.3 Å². The van der Waals surface area contributed by atoms with Crippen molar-refractivity contribution >= 4 is 32.2 Å². The molecule has 4 rings (SSSR count). The van der Waals surface area contributed by atoms with Gasteiger partial charge in [-0.1, -0.05) is 6.07 Å². The van der Waals surface area contributed by atoms with Gasteiger partial charge in [-0.05, 0) is 36.4 Å². The summed E-state index contributed by atoms with van der Waals surface area (Å²) in [4.78, 5) is 21.2. The van der Waals surface area contributed by atoms with Crippen molar-refractivity contribution in [2.45, 2.75) is 11.1 Å². The van der Waals surface area contributed by atoms with Gasteiger partial charge in [0.1, 0.15) is 11.4 Å². The molecule has 33 heavy (non-hydrogen) atoms. The van der Waals surface area contributed by atoms with Crippen LogP contribution in [0.3, 0.4) is 0 Å². The maximum absolute atomic E-state index is 13.3. The molecule has 0 aliphatic carbocycles. The number of rotatable bonds is 5. The number of anilines is 1. The molecule has 8 nitrogen and oxygen atoms in total. The van der Waals surface area contributed by atoms with Crippen molar-refractivity contribution in [3.8, 4) is 17.1 Å². The van der Waals surface area contributed by atoms with Gasteiger partial charge >= 0.3 is 6.18 Å². The topological polar surface area (TPSA) is 107 Å². The van der Waals surface area contributed by atoms with Gasteiger partial charge in [0.25, 0.3) is 5.91 Å². The first-order chi connectivity index (χ1) is 15.5. The van der Waals surface area contributed by atoms with E-state index in [0.29, 0.717) is 17.5 Å². The molecule has 0 bridgehead atoms. The van der Waals surface area contributed by atoms with Gasteiger partial charge in [0.2, 0.25) is 0 Å². The van der Waals surface area contributed by atoms with Crippen molar-refractivity contribution in [2.75, 3.05) is 11.6 Å². The molecule has 3 aromatic heterocycles. The fraction of sp³-hybridized carbons (Fsp3) is 0.100. The maximum Gasteiger partial charge on any atom is 0.435 e. The van der Waals surface area contributed by atoms with Gasteiger partial charge in [-0.15, -0.1) is 11.3 Å². The Morgan fingerprint density at radius 2 is 1.82 bits per heavy atom. The number of thiazole rings is 1. The third-order valence-electron chi connectivity index (χ3n) is 4.39. The molecule has 1 aromatic carbocycles. The number of benzene rings is 1. The molecule has 0 atom stereocenters. The summed E-state index contributed by atoms with van der Waals surface area (Å²) >= 11 is 1.08. The molecule has 1 N–H and O–H groups in total. The summed E-state index contributed by atoms with van der Waals surface area (Å²) in [6.45, 7) is 0. The second-order valence-corrected chi connectivity index (χ2v) is 9.67. The predicted molar refractivity (Wildman–Crippen MR) is 115 cm³/mol. The number of amides is 1. The number of hydrogen-bond acceptors (Lipinski definition) is 7. The summed E-state index contributed by atoms with van der Waals surface area (Å²) in [6, 6.07) is 10.8. The number of carbonyl (C=O) groups excluding carboxylic acids is 1. The summed E-state index contributed by atoms with van der Waals surface area (Å²) in [5.74, 6) is -0.868. The number of nitrogens with one attached hydrogen (secondary N) is 1. The average molecular weight is 493 g/mol. The van der Waals surface area contributed by atoms with Crippen LogP contribution in [0, 0.1) is 0 Å². The number of pyridine rings is 1. The lowest BCUT2D eigenvalue weighted by atomic mass is 10.3. The Bertz CT molecular complexity index is 1410. The van der Waals surface area contributed by atoms with Gasteiger partial charge in [-0.2, -0.15) is 18.3 Å². The lowest BCUT2D eigenvalue weighted by molar-refractivity contribution is -0.141. The van der Waals surface area contributed by atoms with Gasteiger partial charge in [0, 0.05) is 23.9 Å². The average Bonchev–Trinajstić information content (AvgIpc) is 3.41. The maximum atomic E-state index is 13.3. The Morgan fingerprint density at radius 1 is 1.09 bits per heavy atom. The van der Waals surface area contributed by atoms with Crippen LogP contribution in [0.2, 0.25) is 0 Å². The molecule has 3 heterocycles. The SMILES string of the molecule is CS(=O)(=O)c1ccc(-n2nc(C(F)(F)F)cc2C(=O)Nc2nc(-c3ccccn3)cs2)cc1. The molecule has 13 heteroatoms. The van der Waals surface area contributed by atoms with Crippen molar-refractivity contribution in [1.82, 2.24) is 19.7 Å². The Hall–Kier alpha value is -3.58. The lowest BCUT2D eigenvalue weighted by Crippen LogP contribution is -2.17. The zero-order valence-corrected chi connectivity index (χ0v) is 18.4. The summed E-state index contributed by atoms with van der Waals surface area (Å²) in [7, 11) is -3.51. The van der Waals surface area contributed by atoms with Crippen LogP contribution in [0.15, 0.2) is 65.0 Å². The molecule has 0 aliphatic heterocycles. The van der Waals surface area contributed by atoms with Gasteiger partial charge in [0.15, 0.2) is 20.7 Å². The molecule has 1 amide bonds. The number of halogens is 3. The summed E-state index contributed by atoms with van der Waals surface area (Å²) in [6.07, 6.45) is -2.21. The van der Waals surface area contributed by atoms with E-state index in [1.807, 2.05) is 0 Å². The van der Waals surface area contributed by atoms with Crippen molar-refractivity contribution in [3.05, 3.63) is 71.5 Å². The minimum absolute atomic E-state index is 0.0229. The van der Waals surface area contributed by atoms with E-state index in [2.05, 4.69) is 20.4 Å². The van der Waals surface area contributed by atoms with Crippen molar-refractivity contribution < 1.29 is 26.4 Å². The first kappa shape index (κ1) is 22.6. The fourth-order valence-electron chi connectivity index (χ4n) is 2.84. The lowest BCUT2D eigenvalue weighted by Gasteiger charge is -2.08. The quantitative estimate of drug-likeness (QED) is 0.449. The van der Waals surface area contributed by atoms with Crippen molar-refractivity contribution in [3.63, 3.8) is 0 Å². The highest BCUT2D eigenvalue weighted by atomic mass is 32.2. The number of carbonyl (C=O) groups is 1. The van der Waals surface area contributed by atoms with E-state index in [0.717, 1.165) is 22.3 Å². The Labute approximate surface area is 189 Å². The van der Waals surface area contributed by atoms with Crippen LogP contribution in [0.25, 0.3) is 17.1 Å². The molecule has 0 spiro atoms. The zero-order valence-electron chi connectivity index (χ0n) is 16.7. The Morgan fingerprint density at radius 3 is 2.42 bits per heavy atom. The molecule has 0 aliphatic rings. The number of sulfone groups is 1. The summed E-state index contributed by atoms with van der Waals surface area (Å²) in [5.41, 5.74) is -0.519. The van der Waals surface area contributed by atoms with E-state index >= 15 is 0 Å². The van der Waals surface area contributed by atoms with Gasteiger partial charge in [-0.25, -0.2) is 18.1 Å². The number of hydrogen-bond donors (Lipinski definition) is 1. The van der Waals surface area contributed by atoms with E-state index in [-0.39, 0.29) is 15.7 Å². The smallest absolute Gasteiger partial charge is 0.296 e. The molecule has 170 valence electrons. The van der Waals surface area contributed by atoms with Crippen molar-refractivity contribution in [2.24, 2.45) is 0 Å². The second-order valence-electron chi connectivity index (χ2n) is 6.80. The van der Waals surface area contributed by atoms with E-state index in [1.165, 1.54) is 24.3 Å². The van der Waals surface area contributed by atoms with Gasteiger partial charge in [-0.3, -0.25) is 15.1 Å². The summed E-state index contributed by atoms with van der Waals surface area (Å²) < 4.78 is 64.0. The first-order valence-corrected chi connectivity index (χ1v) is 12.0. The van der Waals surface area contributed by atoms with Crippen LogP contribution in [0.4, 0.5) is 18.3 Å². The number of aromatic nitrogens is 4. The highest BCUT2D eigenvalue weighted by Crippen LogP contribution is 2.30. The Balaban J connectivity index is 1.67. The molecular formula is C20H14F3N5O3S2. The van der Waals surface area contributed by atoms with Crippen LogP contribution in [-0.2, 0) is 16.0 Å². The van der Waals surface area contributed by atoms with Crippen molar-refractivity contribution in [1.29, 1.82) is 0 Å². The number of nitrogens with zero attached hydrogens (tertiary/aromatic N) is 4. The molecule has 0 radical (unpaired) electrons. The van der Waals surface area contributed by atoms with Crippen LogP contribution in [0.1, 0.15) is 16.2 Å². The highest BCUT2D eigenvalue weighted by Gasteiger charge is 2.36. The molecule has 0 unspecified atom stereocenters. The normalized spacial score (nSPS) is 12.0. The number of alkyl halides is 3. The second kappa shape index (κ2) is 8.41. The van der Waals surface area contributed by atoms with Crippen LogP contribution in [-0.4, -0.2) is 40.3 Å². The summed E-state index contributed by atoms with van der Waals surface area (Å²) in [5, 5.41) is 7.80. The van der Waals surface area contributed by atoms with Gasteiger partial charge < -0.3 is 0 Å². The van der Waals surface area contributed by atoms with E-state index in [1.54, 1.807) is 29.8 Å². The Kier molecular flexibility index (Phi) is 5.76. The molecule has 0 saturated carbocycles. The third-order valence-corrected chi connectivity index (χ3v) is 6.28. The third kappa shape index (κ3) is 4.93. The minimum Gasteiger partial charge on any atom is -0.296 e. The van der Waals surface area contributed by atoms with Crippen LogP contribution < -0.4 is 5.32 Å². The molecule has 0 saturated heterocycles. The molecule has 4 aromatic rings. The zero-order chi connectivity index (χ0) is 23.8. The highest BCUT2D eigenvalue weighted by molar-refractivity contribution is 7.90. The van der Waals surface area contributed by atoms with Crippen LogP contribution in [0.5, 0.6) is 0 Å². The molecular weight excluding hydrogens is 479 g/mol. The largest absolute Gasteiger partial charge is 0.435 e. The van der Waals surface area contributed by atoms with E-state index < -0.39 is 33.3 Å². The fourth-order valence-corrected chi connectivity index (χ4v) is 4.17. The van der Waals surface area contributed by atoms with E-state index in [9.17, 15) is 26.4 Å².